The zero-order chi connectivity index (χ0) is 25.9. The number of aromatic nitrogens is 4. The molecule has 0 atom stereocenters. The summed E-state index contributed by atoms with van der Waals surface area (Å²) in [4.78, 5) is 11.8. The molecule has 36 heavy (non-hydrogen) atoms. The molecule has 0 amide bonds. The zero-order valence-electron chi connectivity index (χ0n) is 22.2. The number of nitrogens with one attached hydrogen (secondary N) is 1. The van der Waals surface area contributed by atoms with E-state index in [2.05, 4.69) is 52.3 Å². The molecule has 2 aromatic heterocycles. The Balaban J connectivity index is 1.76. The fourth-order valence-electron chi connectivity index (χ4n) is 3.98. The predicted octanol–water partition coefficient (Wildman–Crippen LogP) is 5.35. The van der Waals surface area contributed by atoms with Crippen molar-refractivity contribution in [1.82, 2.24) is 25.1 Å². The molecule has 0 aliphatic rings. The lowest BCUT2D eigenvalue weighted by molar-refractivity contribution is 0.130. The van der Waals surface area contributed by atoms with Gasteiger partial charge in [-0.2, -0.15) is 5.10 Å². The molecule has 2 aromatic carbocycles. The van der Waals surface area contributed by atoms with Gasteiger partial charge >= 0.3 is 0 Å². The topological polar surface area (TPSA) is 77.3 Å². The lowest BCUT2D eigenvalue weighted by Gasteiger charge is -2.28. The van der Waals surface area contributed by atoms with Crippen molar-refractivity contribution in [3.8, 4) is 22.8 Å². The van der Waals surface area contributed by atoms with E-state index in [4.69, 9.17) is 14.5 Å². The molecule has 0 bridgehead atoms. The van der Waals surface area contributed by atoms with Crippen LogP contribution in [0, 0.1) is 0 Å². The first-order valence-corrected chi connectivity index (χ1v) is 12.3. The molecule has 0 saturated carbocycles. The average molecular weight is 489 g/mol. The number of hydrogen-bond donors (Lipinski definition) is 1. The first-order valence-electron chi connectivity index (χ1n) is 12.3. The first-order chi connectivity index (χ1) is 17.1. The van der Waals surface area contributed by atoms with Gasteiger partial charge < -0.3 is 19.7 Å². The summed E-state index contributed by atoms with van der Waals surface area (Å²) >= 11 is 0. The molecule has 1 N–H and O–H groups in total. The van der Waals surface area contributed by atoms with Crippen LogP contribution in [0.5, 0.6) is 11.5 Å². The predicted molar refractivity (Wildman–Crippen MR) is 145 cm³/mol. The van der Waals surface area contributed by atoms with Gasteiger partial charge in [-0.1, -0.05) is 13.8 Å². The van der Waals surface area contributed by atoms with Crippen LogP contribution in [0.1, 0.15) is 34.6 Å². The van der Waals surface area contributed by atoms with Crippen LogP contribution in [0.25, 0.3) is 22.3 Å². The van der Waals surface area contributed by atoms with Crippen LogP contribution in [0.4, 0.5) is 11.4 Å². The van der Waals surface area contributed by atoms with Gasteiger partial charge in [-0.05, 0) is 39.0 Å². The minimum Gasteiger partial charge on any atom is -0.497 e. The van der Waals surface area contributed by atoms with Gasteiger partial charge in [0.05, 0.1) is 36.2 Å². The number of nitrogens with zero attached hydrogens (tertiary/aromatic N) is 5. The molecule has 4 aromatic rings. The Hall–Kier alpha value is -3.65. The lowest BCUT2D eigenvalue weighted by Crippen LogP contribution is -2.32. The molecular formula is C28H36N6O2. The van der Waals surface area contributed by atoms with E-state index < -0.39 is 0 Å². The van der Waals surface area contributed by atoms with Gasteiger partial charge in [0.25, 0.3) is 0 Å². The lowest BCUT2D eigenvalue weighted by atomic mass is 10.1. The highest BCUT2D eigenvalue weighted by atomic mass is 16.5. The van der Waals surface area contributed by atoms with Gasteiger partial charge in [-0.25, -0.2) is 4.98 Å². The van der Waals surface area contributed by atoms with E-state index in [-0.39, 0.29) is 5.60 Å². The van der Waals surface area contributed by atoms with E-state index in [0.717, 1.165) is 58.3 Å². The highest BCUT2D eigenvalue weighted by molar-refractivity contribution is 5.82. The Morgan fingerprint density at radius 1 is 1.00 bits per heavy atom. The molecule has 8 heteroatoms. The molecular weight excluding hydrogens is 452 g/mol. The van der Waals surface area contributed by atoms with Crippen LogP contribution in [0.15, 0.2) is 55.0 Å². The van der Waals surface area contributed by atoms with Crippen LogP contribution in [-0.4, -0.2) is 51.6 Å². The van der Waals surface area contributed by atoms with Crippen molar-refractivity contribution in [2.75, 3.05) is 25.1 Å². The molecule has 8 nitrogen and oxygen atoms in total. The number of hydrogen-bond acceptors (Lipinski definition) is 7. The van der Waals surface area contributed by atoms with Gasteiger partial charge in [-0.3, -0.25) is 9.67 Å². The third kappa shape index (κ3) is 6.31. The summed E-state index contributed by atoms with van der Waals surface area (Å²) in [5.41, 5.74) is 5.07. The quantitative estimate of drug-likeness (QED) is 0.340. The summed E-state index contributed by atoms with van der Waals surface area (Å²) in [6.45, 7) is 12.0. The molecule has 0 unspecified atom stereocenters. The molecule has 0 fully saturated rings. The van der Waals surface area contributed by atoms with Crippen molar-refractivity contribution in [1.29, 1.82) is 0 Å². The van der Waals surface area contributed by atoms with Gasteiger partial charge in [-0.15, -0.1) is 0 Å². The summed E-state index contributed by atoms with van der Waals surface area (Å²) in [7, 11) is 3.57. The number of rotatable bonds is 9. The highest BCUT2D eigenvalue weighted by Gasteiger charge is 2.17. The molecule has 0 aliphatic heterocycles. The van der Waals surface area contributed by atoms with Crippen LogP contribution in [-0.2, 0) is 7.05 Å². The summed E-state index contributed by atoms with van der Waals surface area (Å²) in [5.74, 6) is 1.51. The zero-order valence-corrected chi connectivity index (χ0v) is 22.2. The molecule has 0 saturated heterocycles. The number of fused-ring (bicyclic) bond motifs is 1. The Kier molecular flexibility index (Phi) is 7.45. The van der Waals surface area contributed by atoms with Crippen LogP contribution < -0.4 is 19.7 Å². The summed E-state index contributed by atoms with van der Waals surface area (Å²) in [6.07, 6.45) is 5.54. The van der Waals surface area contributed by atoms with Gasteiger partial charge in [0.2, 0.25) is 0 Å². The maximum absolute atomic E-state index is 6.20. The van der Waals surface area contributed by atoms with E-state index in [1.807, 2.05) is 52.2 Å². The molecule has 0 aliphatic carbocycles. The average Bonchev–Trinajstić information content (AvgIpc) is 3.26. The van der Waals surface area contributed by atoms with Crippen LogP contribution >= 0.6 is 0 Å². The van der Waals surface area contributed by atoms with Gasteiger partial charge in [0.1, 0.15) is 17.1 Å². The Morgan fingerprint density at radius 3 is 2.44 bits per heavy atom. The Bertz CT molecular complexity index is 1330. The standard InChI is InChI=1S/C28H36N6O2/c1-19(2)29-10-11-34(22-12-23(35-7)15-24(13-22)36-28(3,4)5)21-8-9-25-26(14-21)32-27(17-30-25)20-16-31-33(6)18-20/h8-9,12-19,29H,10-11H2,1-7H3. The van der Waals surface area contributed by atoms with Crippen molar-refractivity contribution in [3.63, 3.8) is 0 Å². The van der Waals surface area contributed by atoms with Crippen LogP contribution in [0.2, 0.25) is 0 Å². The third-order valence-corrected chi connectivity index (χ3v) is 5.56. The summed E-state index contributed by atoms with van der Waals surface area (Å²) in [6, 6.07) is 12.6. The summed E-state index contributed by atoms with van der Waals surface area (Å²) in [5, 5.41) is 7.79. The van der Waals surface area contributed by atoms with Crippen molar-refractivity contribution in [2.24, 2.45) is 7.05 Å². The van der Waals surface area contributed by atoms with Crippen molar-refractivity contribution >= 4 is 22.4 Å². The molecule has 4 rings (SSSR count). The number of ether oxygens (including phenoxy) is 2. The number of methoxy groups -OCH3 is 1. The normalized spacial score (nSPS) is 11.8. The van der Waals surface area contributed by atoms with Gasteiger partial charge in [0, 0.05) is 67.5 Å². The Labute approximate surface area is 213 Å². The second kappa shape index (κ2) is 10.5. The maximum Gasteiger partial charge on any atom is 0.125 e. The number of benzene rings is 2. The first kappa shape index (κ1) is 25.4. The van der Waals surface area contributed by atoms with Gasteiger partial charge in [0.15, 0.2) is 0 Å². The SMILES string of the molecule is COc1cc(OC(C)(C)C)cc(N(CCNC(C)C)c2ccc3ncc(-c4cnn(C)c4)nc3c2)c1. The van der Waals surface area contributed by atoms with Crippen molar-refractivity contribution < 1.29 is 9.47 Å². The van der Waals surface area contributed by atoms with E-state index in [9.17, 15) is 0 Å². The maximum atomic E-state index is 6.20. The summed E-state index contributed by atoms with van der Waals surface area (Å²) < 4.78 is 13.6. The second-order valence-electron chi connectivity index (χ2n) is 10.2. The van der Waals surface area contributed by atoms with E-state index in [0.29, 0.717) is 6.04 Å². The van der Waals surface area contributed by atoms with E-state index in [1.54, 1.807) is 24.2 Å². The monoisotopic (exact) mass is 488 g/mol. The van der Waals surface area contributed by atoms with E-state index in [1.165, 1.54) is 0 Å². The van der Waals surface area contributed by atoms with Crippen molar-refractivity contribution in [3.05, 3.63) is 55.0 Å². The molecule has 2 heterocycles. The fourth-order valence-corrected chi connectivity index (χ4v) is 3.98. The minimum absolute atomic E-state index is 0.325. The van der Waals surface area contributed by atoms with Crippen molar-refractivity contribution in [2.45, 2.75) is 46.3 Å². The third-order valence-electron chi connectivity index (χ3n) is 5.56. The van der Waals surface area contributed by atoms with E-state index >= 15 is 0 Å². The second-order valence-corrected chi connectivity index (χ2v) is 10.2. The minimum atomic E-state index is -0.325. The molecule has 0 spiro atoms. The number of anilines is 2. The molecule has 0 radical (unpaired) electrons. The Morgan fingerprint density at radius 2 is 1.78 bits per heavy atom. The van der Waals surface area contributed by atoms with Crippen LogP contribution in [0.3, 0.4) is 0 Å². The largest absolute Gasteiger partial charge is 0.497 e. The molecule has 190 valence electrons. The smallest absolute Gasteiger partial charge is 0.125 e. The highest BCUT2D eigenvalue weighted by Crippen LogP contribution is 2.35. The fraction of sp³-hybridized carbons (Fsp3) is 0.393. The number of aryl methyl sites for hydroxylation is 1.